The molecule has 1 aliphatic heterocycles. The number of hydrogen-bond acceptors (Lipinski definition) is 3. The summed E-state index contributed by atoms with van der Waals surface area (Å²) in [6.45, 7) is 2.73. The molecule has 0 spiro atoms. The Hall–Kier alpha value is -1.10. The first-order chi connectivity index (χ1) is 8.74. The zero-order valence-electron chi connectivity index (χ0n) is 10.8. The Morgan fingerprint density at radius 2 is 1.89 bits per heavy atom. The summed E-state index contributed by atoms with van der Waals surface area (Å²) in [6, 6.07) is 10.4. The minimum Gasteiger partial charge on any atom is -0.480 e. The zero-order valence-corrected chi connectivity index (χ0v) is 11.6. The standard InChI is InChI=1S/C14H19NO3.ClH/c16-14(17)11-18-13-6-8-15(9-7-13)10-12-4-2-1-3-5-12;/h1-5,13H,6-11H2,(H,16,17);1H. The van der Waals surface area contributed by atoms with Crippen molar-refractivity contribution in [3.8, 4) is 0 Å². The summed E-state index contributed by atoms with van der Waals surface area (Å²) in [5, 5.41) is 8.56. The van der Waals surface area contributed by atoms with Gasteiger partial charge in [0.15, 0.2) is 0 Å². The monoisotopic (exact) mass is 285 g/mol. The molecule has 0 radical (unpaired) electrons. The fraction of sp³-hybridized carbons (Fsp3) is 0.500. The molecule has 0 bridgehead atoms. The van der Waals surface area contributed by atoms with E-state index in [0.29, 0.717) is 0 Å². The number of carboxylic acid groups (broad SMARTS) is 1. The quantitative estimate of drug-likeness (QED) is 0.901. The maximum atomic E-state index is 10.4. The van der Waals surface area contributed by atoms with Gasteiger partial charge in [-0.15, -0.1) is 12.4 Å². The van der Waals surface area contributed by atoms with E-state index in [1.807, 2.05) is 6.07 Å². The maximum absolute atomic E-state index is 10.4. The van der Waals surface area contributed by atoms with E-state index in [4.69, 9.17) is 9.84 Å². The second kappa shape index (κ2) is 8.15. The van der Waals surface area contributed by atoms with Crippen molar-refractivity contribution < 1.29 is 14.6 Å². The number of benzene rings is 1. The second-order valence-corrected chi connectivity index (χ2v) is 4.67. The highest BCUT2D eigenvalue weighted by Crippen LogP contribution is 2.16. The van der Waals surface area contributed by atoms with Gasteiger partial charge >= 0.3 is 5.97 Å². The normalized spacial score (nSPS) is 16.8. The molecule has 0 amide bonds. The van der Waals surface area contributed by atoms with Gasteiger partial charge < -0.3 is 9.84 Å². The van der Waals surface area contributed by atoms with E-state index in [2.05, 4.69) is 29.2 Å². The SMILES string of the molecule is Cl.O=C(O)COC1CCN(Cc2ccccc2)CC1. The average Bonchev–Trinajstić information content (AvgIpc) is 2.39. The van der Waals surface area contributed by atoms with Crippen LogP contribution in [0, 0.1) is 0 Å². The lowest BCUT2D eigenvalue weighted by Gasteiger charge is -2.31. The van der Waals surface area contributed by atoms with Crippen LogP contribution in [0.1, 0.15) is 18.4 Å². The molecule has 0 aromatic heterocycles. The number of piperidine rings is 1. The van der Waals surface area contributed by atoms with Crippen molar-refractivity contribution in [2.75, 3.05) is 19.7 Å². The van der Waals surface area contributed by atoms with Crippen LogP contribution in [-0.4, -0.2) is 41.8 Å². The molecule has 106 valence electrons. The Bertz CT molecular complexity index is 378. The molecule has 1 aromatic carbocycles. The van der Waals surface area contributed by atoms with Gasteiger partial charge in [-0.2, -0.15) is 0 Å². The first-order valence-corrected chi connectivity index (χ1v) is 6.34. The van der Waals surface area contributed by atoms with Gasteiger partial charge in [0, 0.05) is 19.6 Å². The molecule has 1 saturated heterocycles. The van der Waals surface area contributed by atoms with Crippen LogP contribution in [0.3, 0.4) is 0 Å². The number of carbonyl (C=O) groups is 1. The predicted octanol–water partition coefficient (Wildman–Crippen LogP) is 2.17. The van der Waals surface area contributed by atoms with E-state index in [9.17, 15) is 4.79 Å². The van der Waals surface area contributed by atoms with Crippen LogP contribution in [0.15, 0.2) is 30.3 Å². The van der Waals surface area contributed by atoms with Crippen molar-refractivity contribution in [3.63, 3.8) is 0 Å². The van der Waals surface area contributed by atoms with E-state index in [-0.39, 0.29) is 25.1 Å². The molecule has 19 heavy (non-hydrogen) atoms. The Morgan fingerprint density at radius 1 is 1.26 bits per heavy atom. The summed E-state index contributed by atoms with van der Waals surface area (Å²) < 4.78 is 5.32. The van der Waals surface area contributed by atoms with Gasteiger partial charge in [-0.25, -0.2) is 4.79 Å². The van der Waals surface area contributed by atoms with Crippen molar-refractivity contribution >= 4 is 18.4 Å². The average molecular weight is 286 g/mol. The Morgan fingerprint density at radius 3 is 2.47 bits per heavy atom. The van der Waals surface area contributed by atoms with Gasteiger partial charge in [-0.05, 0) is 18.4 Å². The summed E-state index contributed by atoms with van der Waals surface area (Å²) >= 11 is 0. The number of nitrogens with zero attached hydrogens (tertiary/aromatic N) is 1. The topological polar surface area (TPSA) is 49.8 Å². The lowest BCUT2D eigenvalue weighted by atomic mass is 10.1. The molecular weight excluding hydrogens is 266 g/mol. The summed E-state index contributed by atoms with van der Waals surface area (Å²) in [6.07, 6.45) is 1.94. The summed E-state index contributed by atoms with van der Waals surface area (Å²) in [5.74, 6) is -0.887. The molecule has 1 aromatic rings. The van der Waals surface area contributed by atoms with E-state index in [1.54, 1.807) is 0 Å². The molecule has 0 saturated carbocycles. The first kappa shape index (κ1) is 16.0. The number of halogens is 1. The fourth-order valence-corrected chi connectivity index (χ4v) is 2.26. The number of rotatable bonds is 5. The lowest BCUT2D eigenvalue weighted by Crippen LogP contribution is -2.37. The molecule has 0 unspecified atom stereocenters. The molecule has 1 heterocycles. The highest BCUT2D eigenvalue weighted by atomic mass is 35.5. The molecule has 2 rings (SSSR count). The predicted molar refractivity (Wildman–Crippen MR) is 75.6 cm³/mol. The second-order valence-electron chi connectivity index (χ2n) is 4.67. The summed E-state index contributed by atoms with van der Waals surface area (Å²) in [7, 11) is 0. The molecule has 0 atom stereocenters. The van der Waals surface area contributed by atoms with E-state index >= 15 is 0 Å². The van der Waals surface area contributed by atoms with Gasteiger partial charge in [-0.3, -0.25) is 4.90 Å². The molecule has 0 aliphatic carbocycles. The van der Waals surface area contributed by atoms with Crippen molar-refractivity contribution in [2.24, 2.45) is 0 Å². The van der Waals surface area contributed by atoms with Crippen LogP contribution in [0.2, 0.25) is 0 Å². The van der Waals surface area contributed by atoms with Crippen molar-refractivity contribution in [1.82, 2.24) is 4.90 Å². The molecule has 1 aliphatic rings. The van der Waals surface area contributed by atoms with Gasteiger partial charge in [0.05, 0.1) is 6.10 Å². The largest absolute Gasteiger partial charge is 0.480 e. The molecule has 1 N–H and O–H groups in total. The number of aliphatic carboxylic acids is 1. The van der Waals surface area contributed by atoms with Gasteiger partial charge in [0.2, 0.25) is 0 Å². The van der Waals surface area contributed by atoms with Crippen LogP contribution in [-0.2, 0) is 16.1 Å². The highest BCUT2D eigenvalue weighted by molar-refractivity contribution is 5.85. The maximum Gasteiger partial charge on any atom is 0.329 e. The van der Waals surface area contributed by atoms with Crippen molar-refractivity contribution in [3.05, 3.63) is 35.9 Å². The summed E-state index contributed by atoms with van der Waals surface area (Å²) in [5.41, 5.74) is 1.32. The van der Waals surface area contributed by atoms with E-state index < -0.39 is 5.97 Å². The third kappa shape index (κ3) is 5.59. The van der Waals surface area contributed by atoms with Crippen LogP contribution in [0.5, 0.6) is 0 Å². The van der Waals surface area contributed by atoms with Crippen LogP contribution < -0.4 is 0 Å². The molecule has 5 heteroatoms. The Balaban J connectivity index is 0.00000180. The minimum atomic E-state index is -0.887. The van der Waals surface area contributed by atoms with Crippen LogP contribution in [0.25, 0.3) is 0 Å². The van der Waals surface area contributed by atoms with Crippen LogP contribution in [0.4, 0.5) is 0 Å². The third-order valence-electron chi connectivity index (χ3n) is 3.23. The zero-order chi connectivity index (χ0) is 12.8. The lowest BCUT2D eigenvalue weighted by molar-refractivity contribution is -0.145. The number of ether oxygens (including phenoxy) is 1. The Labute approximate surface area is 119 Å². The van der Waals surface area contributed by atoms with Gasteiger partial charge in [-0.1, -0.05) is 30.3 Å². The van der Waals surface area contributed by atoms with Crippen molar-refractivity contribution in [2.45, 2.75) is 25.5 Å². The van der Waals surface area contributed by atoms with E-state index in [0.717, 1.165) is 32.5 Å². The van der Waals surface area contributed by atoms with E-state index in [1.165, 1.54) is 5.56 Å². The Kier molecular flexibility index (Phi) is 6.84. The number of likely N-dealkylation sites (tertiary alicyclic amines) is 1. The minimum absolute atomic E-state index is 0. The molecule has 4 nitrogen and oxygen atoms in total. The number of carboxylic acids is 1. The third-order valence-corrected chi connectivity index (χ3v) is 3.23. The first-order valence-electron chi connectivity index (χ1n) is 6.34. The van der Waals surface area contributed by atoms with Gasteiger partial charge in [0.1, 0.15) is 6.61 Å². The number of hydrogen-bond donors (Lipinski definition) is 1. The fourth-order valence-electron chi connectivity index (χ4n) is 2.26. The van der Waals surface area contributed by atoms with Gasteiger partial charge in [0.25, 0.3) is 0 Å². The highest BCUT2D eigenvalue weighted by Gasteiger charge is 2.20. The summed E-state index contributed by atoms with van der Waals surface area (Å²) in [4.78, 5) is 12.8. The smallest absolute Gasteiger partial charge is 0.329 e. The molecular formula is C14H20ClNO3. The van der Waals surface area contributed by atoms with Crippen LogP contribution >= 0.6 is 12.4 Å². The molecule has 1 fully saturated rings. The van der Waals surface area contributed by atoms with Crippen molar-refractivity contribution in [1.29, 1.82) is 0 Å².